The van der Waals surface area contributed by atoms with Crippen LogP contribution < -0.4 is 21.5 Å². The number of carbonyl (C=O) groups excluding carboxylic acids is 1. The van der Waals surface area contributed by atoms with Gasteiger partial charge in [-0.15, -0.1) is 0 Å². The Morgan fingerprint density at radius 1 is 1.12 bits per heavy atom. The molecule has 17 heavy (non-hydrogen) atoms. The number of ketones is 1. The van der Waals surface area contributed by atoms with Gasteiger partial charge in [0.15, 0.2) is 11.9 Å². The molecule has 0 saturated heterocycles. The maximum Gasteiger partial charge on any atom is 0.227 e. The Bertz CT molecular complexity index is 500. The van der Waals surface area contributed by atoms with E-state index in [0.29, 0.717) is 5.56 Å². The summed E-state index contributed by atoms with van der Waals surface area (Å²) in [6.45, 7) is 0.235. The molecule has 1 N–H and O–H groups in total. The minimum absolute atomic E-state index is 0. The van der Waals surface area contributed by atoms with Crippen LogP contribution in [-0.2, 0) is 6.54 Å². The van der Waals surface area contributed by atoms with Gasteiger partial charge in [-0.05, 0) is 6.07 Å². The molecule has 0 aliphatic heterocycles. The number of aromatic nitrogens is 1. The van der Waals surface area contributed by atoms with Crippen molar-refractivity contribution < 1.29 is 31.4 Å². The van der Waals surface area contributed by atoms with Crippen LogP contribution >= 0.6 is 0 Å². The Balaban J connectivity index is 0.00000144. The molecule has 0 amide bonds. The number of aromatic hydroxyl groups is 1. The van der Waals surface area contributed by atoms with E-state index >= 15 is 0 Å². The molecule has 0 aliphatic rings. The van der Waals surface area contributed by atoms with E-state index in [4.69, 9.17) is 0 Å². The number of nitrogens with zero attached hydrogens (tertiary/aromatic N) is 1. The summed E-state index contributed by atoms with van der Waals surface area (Å²) < 4.78 is 1.66. The third kappa shape index (κ3) is 3.67. The molecule has 0 radical (unpaired) electrons. The molecule has 88 valence electrons. The smallest absolute Gasteiger partial charge is 0.227 e. The van der Waals surface area contributed by atoms with Crippen molar-refractivity contribution in [3.8, 4) is 5.75 Å². The summed E-state index contributed by atoms with van der Waals surface area (Å²) in [7, 11) is 0. The first-order valence-corrected chi connectivity index (χ1v) is 5.02. The predicted molar refractivity (Wildman–Crippen MR) is 59.1 cm³/mol. The second-order valence-electron chi connectivity index (χ2n) is 3.52. The average molecular weight is 294 g/mol. The summed E-state index contributed by atoms with van der Waals surface area (Å²) in [5.74, 6) is 0.180. The van der Waals surface area contributed by atoms with Crippen molar-refractivity contribution in [2.24, 2.45) is 0 Å². The molecule has 2 rings (SSSR count). The highest BCUT2D eigenvalue weighted by molar-refractivity contribution is 5.94. The van der Waals surface area contributed by atoms with Crippen molar-refractivity contribution in [3.63, 3.8) is 0 Å². The van der Waals surface area contributed by atoms with Gasteiger partial charge in [0, 0.05) is 11.6 Å². The Morgan fingerprint density at radius 2 is 1.82 bits per heavy atom. The standard InChI is InChI=1S/C13H11NO2.BrH/c15-12-7-4-8-14(9-12)10-13(16)11-5-2-1-3-6-11;/h1-9H,10H2;1H. The maximum atomic E-state index is 11.8. The van der Waals surface area contributed by atoms with E-state index in [9.17, 15) is 9.90 Å². The minimum atomic E-state index is 0. The summed E-state index contributed by atoms with van der Waals surface area (Å²) in [5, 5.41) is 9.26. The number of hydrogen-bond donors (Lipinski definition) is 1. The van der Waals surface area contributed by atoms with Gasteiger partial charge in [0.05, 0.1) is 0 Å². The second kappa shape index (κ2) is 6.15. The van der Waals surface area contributed by atoms with E-state index in [0.717, 1.165) is 0 Å². The molecular weight excluding hydrogens is 282 g/mol. The van der Waals surface area contributed by atoms with Crippen LogP contribution in [-0.4, -0.2) is 10.9 Å². The summed E-state index contributed by atoms with van der Waals surface area (Å²) in [6.07, 6.45) is 3.28. The average Bonchev–Trinajstić information content (AvgIpc) is 2.30. The molecule has 0 atom stereocenters. The highest BCUT2D eigenvalue weighted by Crippen LogP contribution is 2.02. The SMILES string of the molecule is O=C(C[n+]1cccc(O)c1)c1ccccc1.[Br-]. The Morgan fingerprint density at radius 3 is 2.47 bits per heavy atom. The zero-order valence-electron chi connectivity index (χ0n) is 9.08. The van der Waals surface area contributed by atoms with Crippen LogP contribution in [0.1, 0.15) is 10.4 Å². The first-order valence-electron chi connectivity index (χ1n) is 5.02. The largest absolute Gasteiger partial charge is 1.00 e. The van der Waals surface area contributed by atoms with Gasteiger partial charge in [0.25, 0.3) is 0 Å². The molecule has 1 aromatic heterocycles. The summed E-state index contributed by atoms with van der Waals surface area (Å²) in [4.78, 5) is 11.8. The molecule has 0 unspecified atom stereocenters. The number of hydrogen-bond acceptors (Lipinski definition) is 2. The molecule has 0 fully saturated rings. The lowest BCUT2D eigenvalue weighted by Crippen LogP contribution is -3.00. The molecule has 0 aliphatic carbocycles. The Labute approximate surface area is 110 Å². The zero-order chi connectivity index (χ0) is 11.4. The van der Waals surface area contributed by atoms with Crippen LogP contribution in [0, 0.1) is 0 Å². The van der Waals surface area contributed by atoms with Crippen LogP contribution in [0.2, 0.25) is 0 Å². The van der Waals surface area contributed by atoms with E-state index in [-0.39, 0.29) is 35.1 Å². The number of rotatable bonds is 3. The van der Waals surface area contributed by atoms with Crippen LogP contribution in [0.25, 0.3) is 0 Å². The number of Topliss-reactive ketones (excluding diaryl/α,β-unsaturated/α-hetero) is 1. The van der Waals surface area contributed by atoms with Crippen molar-refractivity contribution in [1.29, 1.82) is 0 Å². The van der Waals surface area contributed by atoms with Crippen LogP contribution in [0.3, 0.4) is 0 Å². The predicted octanol–water partition coefficient (Wildman–Crippen LogP) is -1.43. The number of benzene rings is 1. The lowest BCUT2D eigenvalue weighted by Gasteiger charge is -1.97. The lowest BCUT2D eigenvalue weighted by atomic mass is 10.1. The molecule has 1 heterocycles. The lowest BCUT2D eigenvalue weighted by molar-refractivity contribution is -0.683. The molecular formula is C13H12BrNO2. The van der Waals surface area contributed by atoms with Gasteiger partial charge in [-0.25, -0.2) is 0 Å². The van der Waals surface area contributed by atoms with Gasteiger partial charge in [0.1, 0.15) is 0 Å². The molecule has 4 heteroatoms. The highest BCUT2D eigenvalue weighted by atomic mass is 79.9. The Kier molecular flexibility index (Phi) is 4.84. The van der Waals surface area contributed by atoms with Crippen LogP contribution in [0.15, 0.2) is 54.9 Å². The van der Waals surface area contributed by atoms with E-state index in [1.807, 2.05) is 18.2 Å². The van der Waals surface area contributed by atoms with Gasteiger partial charge in [-0.1, -0.05) is 30.3 Å². The number of pyridine rings is 1. The third-order valence-corrected chi connectivity index (χ3v) is 2.26. The second-order valence-corrected chi connectivity index (χ2v) is 3.52. The van der Waals surface area contributed by atoms with E-state index in [1.165, 1.54) is 6.20 Å². The van der Waals surface area contributed by atoms with Gasteiger partial charge in [-0.3, -0.25) is 4.79 Å². The van der Waals surface area contributed by atoms with E-state index in [1.54, 1.807) is 35.0 Å². The maximum absolute atomic E-state index is 11.8. The monoisotopic (exact) mass is 293 g/mol. The fourth-order valence-electron chi connectivity index (χ4n) is 1.49. The first-order chi connectivity index (χ1) is 7.75. The van der Waals surface area contributed by atoms with Crippen LogP contribution in [0.4, 0.5) is 0 Å². The number of halogens is 1. The van der Waals surface area contributed by atoms with Crippen molar-refractivity contribution in [3.05, 3.63) is 60.4 Å². The molecule has 3 nitrogen and oxygen atoms in total. The van der Waals surface area contributed by atoms with Gasteiger partial charge in [0.2, 0.25) is 18.5 Å². The van der Waals surface area contributed by atoms with E-state index in [2.05, 4.69) is 0 Å². The molecule has 0 bridgehead atoms. The van der Waals surface area contributed by atoms with Gasteiger partial charge in [-0.2, -0.15) is 4.57 Å². The molecule has 0 spiro atoms. The summed E-state index contributed by atoms with van der Waals surface area (Å²) in [5.41, 5.74) is 0.679. The van der Waals surface area contributed by atoms with Crippen molar-refractivity contribution in [2.45, 2.75) is 6.54 Å². The highest BCUT2D eigenvalue weighted by Gasteiger charge is 2.11. The Hall–Kier alpha value is -1.68. The quantitative estimate of drug-likeness (QED) is 0.557. The summed E-state index contributed by atoms with van der Waals surface area (Å²) in [6, 6.07) is 12.4. The van der Waals surface area contributed by atoms with Crippen molar-refractivity contribution in [2.75, 3.05) is 0 Å². The van der Waals surface area contributed by atoms with Gasteiger partial charge < -0.3 is 22.1 Å². The van der Waals surface area contributed by atoms with Crippen molar-refractivity contribution >= 4 is 5.78 Å². The minimum Gasteiger partial charge on any atom is -1.00 e. The molecule has 1 aromatic carbocycles. The number of carbonyl (C=O) groups is 1. The topological polar surface area (TPSA) is 41.2 Å². The van der Waals surface area contributed by atoms with E-state index < -0.39 is 0 Å². The zero-order valence-corrected chi connectivity index (χ0v) is 10.7. The van der Waals surface area contributed by atoms with Crippen molar-refractivity contribution in [1.82, 2.24) is 0 Å². The fourth-order valence-corrected chi connectivity index (χ4v) is 1.49. The third-order valence-electron chi connectivity index (χ3n) is 2.26. The first kappa shape index (κ1) is 13.4. The van der Waals surface area contributed by atoms with Gasteiger partial charge >= 0.3 is 0 Å². The fraction of sp³-hybridized carbons (Fsp3) is 0.0769. The normalized spacial score (nSPS) is 9.41. The van der Waals surface area contributed by atoms with Crippen LogP contribution in [0.5, 0.6) is 5.75 Å². The molecule has 2 aromatic rings. The molecule has 0 saturated carbocycles. The summed E-state index contributed by atoms with van der Waals surface area (Å²) >= 11 is 0.